The molecular formula is C23H21N3O2S2. The monoisotopic (exact) mass is 435 g/mol. The Kier molecular flexibility index (Phi) is 6.21. The Labute approximate surface area is 183 Å². The van der Waals surface area contributed by atoms with Gasteiger partial charge in [0.05, 0.1) is 30.0 Å². The summed E-state index contributed by atoms with van der Waals surface area (Å²) in [6.45, 7) is 4.60. The van der Waals surface area contributed by atoms with Crippen molar-refractivity contribution in [3.05, 3.63) is 70.5 Å². The van der Waals surface area contributed by atoms with Crippen molar-refractivity contribution in [3.8, 4) is 27.6 Å². The van der Waals surface area contributed by atoms with Crippen LogP contribution in [0.25, 0.3) is 21.8 Å². The van der Waals surface area contributed by atoms with Gasteiger partial charge < -0.3 is 10.1 Å². The van der Waals surface area contributed by atoms with Crippen LogP contribution in [0.15, 0.2) is 59.3 Å². The highest BCUT2D eigenvalue weighted by atomic mass is 32.1. The number of nitrogens with one attached hydrogen (secondary N) is 1. The summed E-state index contributed by atoms with van der Waals surface area (Å²) in [5, 5.41) is 8.20. The lowest BCUT2D eigenvalue weighted by Crippen LogP contribution is -2.14. The lowest BCUT2D eigenvalue weighted by Gasteiger charge is -2.07. The fourth-order valence-corrected chi connectivity index (χ4v) is 4.66. The van der Waals surface area contributed by atoms with E-state index in [2.05, 4.69) is 28.3 Å². The summed E-state index contributed by atoms with van der Waals surface area (Å²) in [6, 6.07) is 15.9. The van der Waals surface area contributed by atoms with Gasteiger partial charge in [0.2, 0.25) is 5.91 Å². The van der Waals surface area contributed by atoms with Crippen LogP contribution in [-0.4, -0.2) is 22.5 Å². The van der Waals surface area contributed by atoms with Crippen molar-refractivity contribution in [1.29, 1.82) is 0 Å². The molecule has 0 fully saturated rings. The topological polar surface area (TPSA) is 64.1 Å². The summed E-state index contributed by atoms with van der Waals surface area (Å²) in [7, 11) is 0. The second kappa shape index (κ2) is 9.19. The van der Waals surface area contributed by atoms with E-state index in [9.17, 15) is 4.79 Å². The van der Waals surface area contributed by atoms with Crippen LogP contribution < -0.4 is 10.1 Å². The molecule has 0 atom stereocenters. The van der Waals surface area contributed by atoms with E-state index >= 15 is 0 Å². The molecule has 0 aliphatic heterocycles. The molecule has 0 bridgehead atoms. The fraction of sp³-hybridized carbons (Fsp3) is 0.174. The molecule has 0 saturated heterocycles. The second-order valence-electron chi connectivity index (χ2n) is 6.65. The van der Waals surface area contributed by atoms with E-state index in [0.29, 0.717) is 11.7 Å². The van der Waals surface area contributed by atoms with E-state index in [-0.39, 0.29) is 12.3 Å². The first kappa shape index (κ1) is 20.3. The van der Waals surface area contributed by atoms with E-state index in [0.717, 1.165) is 38.8 Å². The largest absolute Gasteiger partial charge is 0.493 e. The molecule has 0 unspecified atom stereocenters. The lowest BCUT2D eigenvalue weighted by atomic mass is 10.1. The molecule has 4 aromatic rings. The number of hydrogen-bond donors (Lipinski definition) is 1. The van der Waals surface area contributed by atoms with Crippen molar-refractivity contribution in [3.63, 3.8) is 0 Å². The van der Waals surface area contributed by atoms with Gasteiger partial charge in [-0.25, -0.2) is 9.97 Å². The molecule has 0 saturated carbocycles. The molecule has 152 valence electrons. The number of nitrogens with zero attached hydrogens (tertiary/aromatic N) is 2. The summed E-state index contributed by atoms with van der Waals surface area (Å²) in [4.78, 5) is 21.7. The van der Waals surface area contributed by atoms with Gasteiger partial charge in [0.1, 0.15) is 10.8 Å². The predicted molar refractivity (Wildman–Crippen MR) is 123 cm³/mol. The zero-order valence-electron chi connectivity index (χ0n) is 16.7. The molecule has 0 radical (unpaired) electrons. The molecule has 30 heavy (non-hydrogen) atoms. The molecule has 2 aromatic carbocycles. The van der Waals surface area contributed by atoms with Crippen LogP contribution in [0, 0.1) is 6.92 Å². The van der Waals surface area contributed by atoms with Crippen molar-refractivity contribution in [2.45, 2.75) is 20.3 Å². The number of anilines is 1. The Bertz CT molecular complexity index is 1170. The summed E-state index contributed by atoms with van der Waals surface area (Å²) in [5.74, 6) is 0.674. The van der Waals surface area contributed by atoms with E-state index in [1.54, 1.807) is 0 Å². The minimum absolute atomic E-state index is 0.129. The fourth-order valence-electron chi connectivity index (χ4n) is 3.08. The minimum atomic E-state index is -0.129. The van der Waals surface area contributed by atoms with Gasteiger partial charge in [0, 0.05) is 16.3 Å². The molecule has 5 nitrogen and oxygen atoms in total. The van der Waals surface area contributed by atoms with E-state index in [1.807, 2.05) is 60.1 Å². The Morgan fingerprint density at radius 2 is 1.77 bits per heavy atom. The van der Waals surface area contributed by atoms with Gasteiger partial charge in [0.15, 0.2) is 5.13 Å². The van der Waals surface area contributed by atoms with Crippen LogP contribution in [0.3, 0.4) is 0 Å². The van der Waals surface area contributed by atoms with Gasteiger partial charge in [-0.15, -0.1) is 22.7 Å². The van der Waals surface area contributed by atoms with Crippen LogP contribution in [0.1, 0.15) is 18.2 Å². The van der Waals surface area contributed by atoms with Crippen molar-refractivity contribution >= 4 is 33.7 Å². The third kappa shape index (κ3) is 4.58. The zero-order valence-corrected chi connectivity index (χ0v) is 18.3. The average Bonchev–Trinajstić information content (AvgIpc) is 3.39. The molecule has 1 amide bonds. The highest BCUT2D eigenvalue weighted by molar-refractivity contribution is 7.14. The van der Waals surface area contributed by atoms with E-state index < -0.39 is 0 Å². The molecule has 2 aromatic heterocycles. The smallest absolute Gasteiger partial charge is 0.232 e. The average molecular weight is 436 g/mol. The maximum Gasteiger partial charge on any atom is 0.232 e. The van der Waals surface area contributed by atoms with Gasteiger partial charge in [-0.3, -0.25) is 4.79 Å². The number of para-hydroxylation sites is 1. The molecule has 1 N–H and O–H groups in total. The van der Waals surface area contributed by atoms with Gasteiger partial charge in [-0.05, 0) is 31.5 Å². The number of carbonyl (C=O) groups is 1. The van der Waals surface area contributed by atoms with Crippen molar-refractivity contribution in [2.75, 3.05) is 11.9 Å². The Morgan fingerprint density at radius 3 is 2.57 bits per heavy atom. The second-order valence-corrected chi connectivity index (χ2v) is 8.37. The normalized spacial score (nSPS) is 10.7. The molecule has 0 spiro atoms. The molecule has 0 aliphatic rings. The van der Waals surface area contributed by atoms with Crippen LogP contribution >= 0.6 is 22.7 Å². The highest BCUT2D eigenvalue weighted by Crippen LogP contribution is 2.32. The Morgan fingerprint density at radius 1 is 1.00 bits per heavy atom. The number of aryl methyl sites for hydroxylation is 1. The molecule has 4 rings (SSSR count). The number of aromatic nitrogens is 2. The molecular weight excluding hydrogens is 414 g/mol. The standard InChI is InChI=1S/C23H21N3O2S2/c1-3-28-20-11-7-6-10-18(20)22-24-16(13-29-22)12-21(27)26-23-25-19(14-30-23)17-9-5-4-8-15(17)2/h4-11,13-14H,3,12H2,1-2H3,(H,25,26,27). The number of carbonyl (C=O) groups excluding carboxylic acids is 1. The van der Waals surface area contributed by atoms with Crippen molar-refractivity contribution in [2.24, 2.45) is 0 Å². The Hall–Kier alpha value is -3.03. The molecule has 2 heterocycles. The van der Waals surface area contributed by atoms with Crippen molar-refractivity contribution < 1.29 is 9.53 Å². The number of ether oxygens (including phenoxy) is 1. The molecule has 7 heteroatoms. The summed E-state index contributed by atoms with van der Waals surface area (Å²) >= 11 is 2.93. The number of benzene rings is 2. The third-order valence-electron chi connectivity index (χ3n) is 4.48. The van der Waals surface area contributed by atoms with Crippen LogP contribution in [0.5, 0.6) is 5.75 Å². The van der Waals surface area contributed by atoms with E-state index in [1.165, 1.54) is 22.7 Å². The van der Waals surface area contributed by atoms with Gasteiger partial charge in [0.25, 0.3) is 0 Å². The molecule has 0 aliphatic carbocycles. The first-order valence-electron chi connectivity index (χ1n) is 9.62. The summed E-state index contributed by atoms with van der Waals surface area (Å²) in [5.41, 5.74) is 4.78. The summed E-state index contributed by atoms with van der Waals surface area (Å²) in [6.07, 6.45) is 0.201. The maximum absolute atomic E-state index is 12.5. The van der Waals surface area contributed by atoms with Crippen LogP contribution in [-0.2, 0) is 11.2 Å². The van der Waals surface area contributed by atoms with Gasteiger partial charge in [-0.2, -0.15) is 0 Å². The number of hydrogen-bond acceptors (Lipinski definition) is 6. The van der Waals surface area contributed by atoms with Crippen molar-refractivity contribution in [1.82, 2.24) is 9.97 Å². The van der Waals surface area contributed by atoms with Crippen LogP contribution in [0.4, 0.5) is 5.13 Å². The predicted octanol–water partition coefficient (Wildman–Crippen LogP) is 5.82. The Balaban J connectivity index is 1.43. The van der Waals surface area contributed by atoms with E-state index in [4.69, 9.17) is 4.74 Å². The zero-order chi connectivity index (χ0) is 20.9. The quantitative estimate of drug-likeness (QED) is 0.397. The van der Waals surface area contributed by atoms with Gasteiger partial charge in [-0.1, -0.05) is 36.4 Å². The lowest BCUT2D eigenvalue weighted by molar-refractivity contribution is -0.115. The number of thiazole rings is 2. The third-order valence-corrected chi connectivity index (χ3v) is 6.16. The first-order chi connectivity index (χ1) is 14.6. The van der Waals surface area contributed by atoms with Gasteiger partial charge >= 0.3 is 0 Å². The van der Waals surface area contributed by atoms with Crippen LogP contribution in [0.2, 0.25) is 0 Å². The SMILES string of the molecule is CCOc1ccccc1-c1nc(CC(=O)Nc2nc(-c3ccccc3C)cs2)cs1. The first-order valence-corrected chi connectivity index (χ1v) is 11.4. The number of rotatable bonds is 7. The highest BCUT2D eigenvalue weighted by Gasteiger charge is 2.14. The minimum Gasteiger partial charge on any atom is -0.493 e. The number of amides is 1. The summed E-state index contributed by atoms with van der Waals surface area (Å²) < 4.78 is 5.69. The maximum atomic E-state index is 12.5.